The van der Waals surface area contributed by atoms with Crippen LogP contribution in [0.1, 0.15) is 20.7 Å². The first-order chi connectivity index (χ1) is 10.7. The van der Waals surface area contributed by atoms with Gasteiger partial charge in [-0.15, -0.1) is 0 Å². The molecule has 0 unspecified atom stereocenters. The molecule has 0 aliphatic rings. The molecule has 0 saturated heterocycles. The highest BCUT2D eigenvalue weighted by Gasteiger charge is 2.15. The van der Waals surface area contributed by atoms with Gasteiger partial charge in [0.2, 0.25) is 0 Å². The fraction of sp³-hybridized carbons (Fsp3) is 0. The van der Waals surface area contributed by atoms with Gasteiger partial charge in [-0.2, -0.15) is 0 Å². The van der Waals surface area contributed by atoms with Crippen molar-refractivity contribution in [1.29, 1.82) is 0 Å². The predicted octanol–water partition coefficient (Wildman–Crippen LogP) is -0.377. The number of carbonyl (C=O) groups is 2. The number of carboxylic acid groups (broad SMARTS) is 2. The lowest BCUT2D eigenvalue weighted by Crippen LogP contribution is -2.22. The fourth-order valence-electron chi connectivity index (χ4n) is 1.75. The highest BCUT2D eigenvalue weighted by molar-refractivity contribution is 7.92. The molecule has 0 spiro atoms. The van der Waals surface area contributed by atoms with E-state index in [0.29, 0.717) is 0 Å². The van der Waals surface area contributed by atoms with Crippen LogP contribution in [0.15, 0.2) is 47.4 Å². The van der Waals surface area contributed by atoms with Gasteiger partial charge in [-0.1, -0.05) is 17.9 Å². The zero-order valence-corrected chi connectivity index (χ0v) is 12.2. The maximum atomic E-state index is 12.1. The van der Waals surface area contributed by atoms with Gasteiger partial charge in [0, 0.05) is 5.69 Å². The molecule has 9 heteroatoms. The van der Waals surface area contributed by atoms with Gasteiger partial charge in [0.25, 0.3) is 10.0 Å². The Morgan fingerprint density at radius 1 is 1.04 bits per heavy atom. The SMILES string of the molecule is O=C([O-])c1ccc(S(=O)(=O)Nc2ccc(C(=O)O)c([O-])c2)cc1. The molecule has 120 valence electrons. The normalized spacial score (nSPS) is 11.0. The molecule has 0 atom stereocenters. The summed E-state index contributed by atoms with van der Waals surface area (Å²) >= 11 is 0. The van der Waals surface area contributed by atoms with Crippen molar-refractivity contribution < 1.29 is 33.3 Å². The summed E-state index contributed by atoms with van der Waals surface area (Å²) in [6, 6.07) is 7.23. The highest BCUT2D eigenvalue weighted by Crippen LogP contribution is 2.22. The number of carboxylic acids is 2. The van der Waals surface area contributed by atoms with Crippen LogP contribution in [0.5, 0.6) is 5.75 Å². The van der Waals surface area contributed by atoms with Crippen molar-refractivity contribution in [3.8, 4) is 5.75 Å². The maximum Gasteiger partial charge on any atom is 0.335 e. The molecule has 0 bridgehead atoms. The first kappa shape index (κ1) is 16.3. The molecule has 0 saturated carbocycles. The first-order valence-corrected chi connectivity index (χ1v) is 7.57. The van der Waals surface area contributed by atoms with E-state index in [2.05, 4.69) is 4.72 Å². The summed E-state index contributed by atoms with van der Waals surface area (Å²) < 4.78 is 26.3. The van der Waals surface area contributed by atoms with E-state index in [-0.39, 0.29) is 16.1 Å². The fourth-order valence-corrected chi connectivity index (χ4v) is 2.80. The molecule has 2 rings (SSSR count). The second-order valence-electron chi connectivity index (χ2n) is 4.43. The molecular weight excluding hydrogens is 326 g/mol. The smallest absolute Gasteiger partial charge is 0.335 e. The van der Waals surface area contributed by atoms with E-state index in [0.717, 1.165) is 42.5 Å². The van der Waals surface area contributed by atoms with Crippen LogP contribution in [-0.2, 0) is 10.0 Å². The zero-order valence-electron chi connectivity index (χ0n) is 11.3. The summed E-state index contributed by atoms with van der Waals surface area (Å²) in [7, 11) is -4.06. The number of benzene rings is 2. The Morgan fingerprint density at radius 2 is 1.65 bits per heavy atom. The van der Waals surface area contributed by atoms with E-state index in [9.17, 15) is 28.2 Å². The van der Waals surface area contributed by atoms with Crippen LogP contribution < -0.4 is 14.9 Å². The van der Waals surface area contributed by atoms with Crippen molar-refractivity contribution in [3.63, 3.8) is 0 Å². The molecule has 0 heterocycles. The summed E-state index contributed by atoms with van der Waals surface area (Å²) in [4.78, 5) is 21.1. The molecule has 8 nitrogen and oxygen atoms in total. The predicted molar refractivity (Wildman–Crippen MR) is 74.4 cm³/mol. The van der Waals surface area contributed by atoms with Gasteiger partial charge >= 0.3 is 5.97 Å². The molecule has 23 heavy (non-hydrogen) atoms. The van der Waals surface area contributed by atoms with Crippen LogP contribution in [0.3, 0.4) is 0 Å². The monoisotopic (exact) mass is 335 g/mol. The Hall–Kier alpha value is -3.07. The van der Waals surface area contributed by atoms with E-state index < -0.39 is 33.3 Å². The Kier molecular flexibility index (Phi) is 4.23. The average molecular weight is 335 g/mol. The molecule has 0 aliphatic heterocycles. The van der Waals surface area contributed by atoms with Gasteiger partial charge in [-0.05, 0) is 35.9 Å². The average Bonchev–Trinajstić information content (AvgIpc) is 2.46. The van der Waals surface area contributed by atoms with Crippen LogP contribution in [0.25, 0.3) is 0 Å². The number of rotatable bonds is 5. The minimum Gasteiger partial charge on any atom is -0.872 e. The van der Waals surface area contributed by atoms with E-state index >= 15 is 0 Å². The second kappa shape index (κ2) is 5.97. The van der Waals surface area contributed by atoms with Gasteiger partial charge in [-0.25, -0.2) is 13.2 Å². The second-order valence-corrected chi connectivity index (χ2v) is 6.12. The molecule has 0 amide bonds. The van der Waals surface area contributed by atoms with Crippen LogP contribution in [0, 0.1) is 0 Å². The summed E-state index contributed by atoms with van der Waals surface area (Å²) in [5.41, 5.74) is -0.771. The third-order valence-electron chi connectivity index (χ3n) is 2.86. The first-order valence-electron chi connectivity index (χ1n) is 6.09. The van der Waals surface area contributed by atoms with Gasteiger partial charge in [-0.3, -0.25) is 4.72 Å². The van der Waals surface area contributed by atoms with Crippen molar-refractivity contribution in [3.05, 3.63) is 53.6 Å². The van der Waals surface area contributed by atoms with Crippen molar-refractivity contribution in [1.82, 2.24) is 0 Å². The third-order valence-corrected chi connectivity index (χ3v) is 4.26. The number of hydrogen-bond acceptors (Lipinski definition) is 6. The van der Waals surface area contributed by atoms with E-state index in [1.165, 1.54) is 0 Å². The molecule has 0 aliphatic carbocycles. The van der Waals surface area contributed by atoms with Crippen molar-refractivity contribution in [2.75, 3.05) is 4.72 Å². The van der Waals surface area contributed by atoms with Gasteiger partial charge < -0.3 is 20.1 Å². The van der Waals surface area contributed by atoms with E-state index in [4.69, 9.17) is 5.11 Å². The van der Waals surface area contributed by atoms with Gasteiger partial charge in [0.1, 0.15) is 0 Å². The van der Waals surface area contributed by atoms with E-state index in [1.807, 2.05) is 0 Å². The van der Waals surface area contributed by atoms with Crippen LogP contribution in [0.2, 0.25) is 0 Å². The summed E-state index contributed by atoms with van der Waals surface area (Å²) in [5, 5.41) is 30.9. The van der Waals surface area contributed by atoms with Gasteiger partial charge in [0.15, 0.2) is 0 Å². The number of nitrogens with one attached hydrogen (secondary N) is 1. The van der Waals surface area contributed by atoms with Crippen molar-refractivity contribution in [2.45, 2.75) is 4.90 Å². The molecule has 0 aromatic heterocycles. The minimum absolute atomic E-state index is 0.107. The van der Waals surface area contributed by atoms with Gasteiger partial charge in [0.05, 0.1) is 16.4 Å². The van der Waals surface area contributed by atoms with Crippen molar-refractivity contribution in [2.24, 2.45) is 0 Å². The maximum absolute atomic E-state index is 12.1. The number of hydrogen-bond donors (Lipinski definition) is 2. The van der Waals surface area contributed by atoms with Crippen LogP contribution in [-0.4, -0.2) is 25.5 Å². The summed E-state index contributed by atoms with van der Waals surface area (Å²) in [5.74, 6) is -3.70. The number of aromatic carboxylic acids is 2. The third kappa shape index (κ3) is 3.58. The molecule has 2 aromatic carbocycles. The molecule has 0 fully saturated rings. The molecule has 0 radical (unpaired) electrons. The quantitative estimate of drug-likeness (QED) is 0.757. The lowest BCUT2D eigenvalue weighted by molar-refractivity contribution is -0.268. The topological polar surface area (TPSA) is 147 Å². The molecular formula is C14H9NO7S-2. The van der Waals surface area contributed by atoms with Crippen molar-refractivity contribution >= 4 is 27.6 Å². The number of anilines is 1. The highest BCUT2D eigenvalue weighted by atomic mass is 32.2. The number of carbonyl (C=O) groups excluding carboxylic acids is 1. The Balaban J connectivity index is 2.29. The lowest BCUT2D eigenvalue weighted by atomic mass is 10.2. The summed E-state index contributed by atoms with van der Waals surface area (Å²) in [6.07, 6.45) is 0. The Labute approximate surface area is 130 Å². The summed E-state index contributed by atoms with van der Waals surface area (Å²) in [6.45, 7) is 0. The lowest BCUT2D eigenvalue weighted by Gasteiger charge is -2.14. The number of sulfonamides is 1. The minimum atomic E-state index is -4.06. The molecule has 2 aromatic rings. The zero-order chi connectivity index (χ0) is 17.2. The Bertz CT molecular complexity index is 872. The standard InChI is InChI=1S/C14H11NO7S/c16-12-7-9(3-6-11(12)14(19)20)15-23(21,22)10-4-1-8(2-5-10)13(17)18/h1-7,15-16H,(H,17,18)(H,19,20)/p-2. The van der Waals surface area contributed by atoms with E-state index in [1.54, 1.807) is 0 Å². The van der Waals surface area contributed by atoms with Crippen LogP contribution in [0.4, 0.5) is 5.69 Å². The largest absolute Gasteiger partial charge is 0.872 e. The van der Waals surface area contributed by atoms with Crippen LogP contribution >= 0.6 is 0 Å². The Morgan fingerprint density at radius 3 is 2.13 bits per heavy atom. The molecule has 2 N–H and O–H groups in total.